The molecule has 0 aromatic carbocycles. The average molecular weight is 295 g/mol. The van der Waals surface area contributed by atoms with Crippen LogP contribution in [0.4, 0.5) is 4.79 Å². The molecule has 0 saturated carbocycles. The van der Waals surface area contributed by atoms with Crippen LogP contribution in [0.2, 0.25) is 0 Å². The van der Waals surface area contributed by atoms with Gasteiger partial charge in [0.1, 0.15) is 5.60 Å². The Morgan fingerprint density at radius 3 is 2.29 bits per heavy atom. The minimum Gasteiger partial charge on any atom is -0.444 e. The van der Waals surface area contributed by atoms with E-state index in [1.54, 1.807) is 20.8 Å². The van der Waals surface area contributed by atoms with Gasteiger partial charge in [-0.2, -0.15) is 0 Å². The molecule has 21 heavy (non-hydrogen) atoms. The molecule has 0 bridgehead atoms. The Morgan fingerprint density at radius 1 is 1.05 bits per heavy atom. The van der Waals surface area contributed by atoms with Gasteiger partial charge in [-0.05, 0) is 33.1 Å². The molecule has 0 aliphatic rings. The lowest BCUT2D eigenvalue weighted by Gasteiger charge is -2.18. The number of ketones is 1. The van der Waals surface area contributed by atoms with Crippen molar-refractivity contribution >= 4 is 11.9 Å². The van der Waals surface area contributed by atoms with Gasteiger partial charge in [0, 0.05) is 6.42 Å². The number of hydrogen-bond acceptors (Lipinski definition) is 3. The molecular weight excluding hydrogens is 266 g/mol. The van der Waals surface area contributed by atoms with Crippen molar-refractivity contribution < 1.29 is 14.3 Å². The maximum absolute atomic E-state index is 11.5. The Bertz CT molecular complexity index is 372. The van der Waals surface area contributed by atoms with E-state index in [-0.39, 0.29) is 12.3 Å². The number of Topliss-reactive ketones (excluding diaryl/α,β-unsaturated/α-hetero) is 1. The predicted molar refractivity (Wildman–Crippen MR) is 85.0 cm³/mol. The van der Waals surface area contributed by atoms with Crippen molar-refractivity contribution in [3.8, 4) is 11.8 Å². The second-order valence-corrected chi connectivity index (χ2v) is 6.10. The number of alkyl carbamates (subject to hydrolysis) is 1. The van der Waals surface area contributed by atoms with Crippen molar-refractivity contribution in [1.29, 1.82) is 0 Å². The third kappa shape index (κ3) is 14.7. The van der Waals surface area contributed by atoms with Crippen molar-refractivity contribution in [2.45, 2.75) is 78.2 Å². The minimum absolute atomic E-state index is 0.0588. The molecule has 0 heterocycles. The Balaban J connectivity index is 3.66. The van der Waals surface area contributed by atoms with Gasteiger partial charge in [0.15, 0.2) is 0 Å². The van der Waals surface area contributed by atoms with Crippen LogP contribution >= 0.6 is 0 Å². The van der Waals surface area contributed by atoms with Gasteiger partial charge in [0.25, 0.3) is 0 Å². The third-order valence-corrected chi connectivity index (χ3v) is 2.71. The van der Waals surface area contributed by atoms with Crippen LogP contribution < -0.4 is 5.32 Å². The molecule has 1 N–H and O–H groups in total. The van der Waals surface area contributed by atoms with E-state index in [0.29, 0.717) is 6.42 Å². The lowest BCUT2D eigenvalue weighted by Crippen LogP contribution is -2.32. The van der Waals surface area contributed by atoms with Crippen LogP contribution in [-0.4, -0.2) is 24.0 Å². The number of nitrogens with one attached hydrogen (secondary N) is 1. The second-order valence-electron chi connectivity index (χ2n) is 6.10. The molecule has 0 aliphatic heterocycles. The fraction of sp³-hybridized carbons (Fsp3) is 0.765. The standard InChI is InChI=1S/C17H29NO3/c1-5-6-7-8-9-10-12-15(19)13-11-14-18-16(20)21-17(2,3)4/h5-10,12,14H2,1-4H3,(H,18,20). The fourth-order valence-corrected chi connectivity index (χ4v) is 1.70. The summed E-state index contributed by atoms with van der Waals surface area (Å²) in [6.45, 7) is 7.70. The number of amides is 1. The van der Waals surface area contributed by atoms with Gasteiger partial charge in [-0.3, -0.25) is 4.79 Å². The molecular formula is C17H29NO3. The lowest BCUT2D eigenvalue weighted by molar-refractivity contribution is -0.113. The minimum atomic E-state index is -0.523. The van der Waals surface area contributed by atoms with Crippen molar-refractivity contribution in [3.05, 3.63) is 0 Å². The van der Waals surface area contributed by atoms with E-state index in [0.717, 1.165) is 12.8 Å². The first-order valence-corrected chi connectivity index (χ1v) is 7.83. The maximum atomic E-state index is 11.5. The number of carbonyl (C=O) groups is 2. The van der Waals surface area contributed by atoms with Crippen LogP contribution in [0.3, 0.4) is 0 Å². The highest BCUT2D eigenvalue weighted by molar-refractivity contribution is 5.95. The zero-order valence-electron chi connectivity index (χ0n) is 13.9. The maximum Gasteiger partial charge on any atom is 0.408 e. The van der Waals surface area contributed by atoms with Crippen LogP contribution in [0, 0.1) is 11.8 Å². The van der Waals surface area contributed by atoms with Gasteiger partial charge in [-0.15, -0.1) is 0 Å². The lowest BCUT2D eigenvalue weighted by atomic mass is 10.1. The summed E-state index contributed by atoms with van der Waals surface area (Å²) in [5.74, 6) is 5.14. The van der Waals surface area contributed by atoms with Gasteiger partial charge in [-0.1, -0.05) is 44.9 Å². The molecule has 4 nitrogen and oxygen atoms in total. The van der Waals surface area contributed by atoms with Gasteiger partial charge in [-0.25, -0.2) is 4.79 Å². The summed E-state index contributed by atoms with van der Waals surface area (Å²) in [6, 6.07) is 0. The number of rotatable bonds is 8. The van der Waals surface area contributed by atoms with E-state index in [1.165, 1.54) is 25.7 Å². The normalized spacial score (nSPS) is 10.5. The molecule has 4 heteroatoms. The SMILES string of the molecule is CCCCCCCCC(=O)C#CCNC(=O)OC(C)(C)C. The van der Waals surface area contributed by atoms with Crippen molar-refractivity contribution in [1.82, 2.24) is 5.32 Å². The largest absolute Gasteiger partial charge is 0.444 e. The highest BCUT2D eigenvalue weighted by atomic mass is 16.6. The molecule has 0 unspecified atom stereocenters. The van der Waals surface area contributed by atoms with E-state index in [4.69, 9.17) is 4.74 Å². The van der Waals surface area contributed by atoms with Crippen LogP contribution in [-0.2, 0) is 9.53 Å². The van der Waals surface area contributed by atoms with Crippen LogP contribution in [0.25, 0.3) is 0 Å². The van der Waals surface area contributed by atoms with Gasteiger partial charge in [0.2, 0.25) is 5.78 Å². The summed E-state index contributed by atoms with van der Waals surface area (Å²) in [6.07, 6.45) is 6.91. The number of carbonyl (C=O) groups excluding carboxylic acids is 2. The zero-order chi connectivity index (χ0) is 16.1. The van der Waals surface area contributed by atoms with Gasteiger partial charge in [0.05, 0.1) is 6.54 Å². The molecule has 0 spiro atoms. The quantitative estimate of drug-likeness (QED) is 0.420. The van der Waals surface area contributed by atoms with Crippen molar-refractivity contribution in [2.75, 3.05) is 6.54 Å². The Morgan fingerprint density at radius 2 is 1.67 bits per heavy atom. The monoisotopic (exact) mass is 295 g/mol. The van der Waals surface area contributed by atoms with Gasteiger partial charge >= 0.3 is 6.09 Å². The summed E-state index contributed by atoms with van der Waals surface area (Å²) in [5.41, 5.74) is -0.523. The molecule has 1 amide bonds. The molecule has 0 radical (unpaired) electrons. The molecule has 0 rings (SSSR count). The third-order valence-electron chi connectivity index (χ3n) is 2.71. The second kappa shape index (κ2) is 11.2. The van der Waals surface area contributed by atoms with E-state index in [9.17, 15) is 9.59 Å². The summed E-state index contributed by atoms with van der Waals surface area (Å²) in [4.78, 5) is 22.8. The molecule has 0 saturated heterocycles. The van der Waals surface area contributed by atoms with Crippen molar-refractivity contribution in [2.24, 2.45) is 0 Å². The van der Waals surface area contributed by atoms with Crippen LogP contribution in [0.5, 0.6) is 0 Å². The van der Waals surface area contributed by atoms with E-state index >= 15 is 0 Å². The molecule has 0 aromatic heterocycles. The highest BCUT2D eigenvalue weighted by Gasteiger charge is 2.14. The highest BCUT2D eigenvalue weighted by Crippen LogP contribution is 2.07. The molecule has 0 aliphatic carbocycles. The number of ether oxygens (including phenoxy) is 1. The van der Waals surface area contributed by atoms with Gasteiger partial charge < -0.3 is 10.1 Å². The summed E-state index contributed by atoms with van der Waals surface area (Å²) in [5, 5.41) is 2.50. The van der Waals surface area contributed by atoms with E-state index in [2.05, 4.69) is 24.1 Å². The Kier molecular flexibility index (Phi) is 10.4. The first-order valence-electron chi connectivity index (χ1n) is 7.83. The Labute approximate surface area is 129 Å². The van der Waals surface area contributed by atoms with Crippen molar-refractivity contribution in [3.63, 3.8) is 0 Å². The number of hydrogen-bond donors (Lipinski definition) is 1. The first kappa shape index (κ1) is 19.5. The molecule has 0 aromatic rings. The smallest absolute Gasteiger partial charge is 0.408 e. The summed E-state index contributed by atoms with van der Waals surface area (Å²) < 4.78 is 5.05. The zero-order valence-corrected chi connectivity index (χ0v) is 13.9. The summed E-state index contributed by atoms with van der Waals surface area (Å²) in [7, 11) is 0. The topological polar surface area (TPSA) is 55.4 Å². The molecule has 0 fully saturated rings. The van der Waals surface area contributed by atoms with Crippen LogP contribution in [0.15, 0.2) is 0 Å². The summed E-state index contributed by atoms with van der Waals surface area (Å²) >= 11 is 0. The van der Waals surface area contributed by atoms with E-state index < -0.39 is 11.7 Å². The fourth-order valence-electron chi connectivity index (χ4n) is 1.70. The average Bonchev–Trinajstić information content (AvgIpc) is 2.37. The van der Waals surface area contributed by atoms with E-state index in [1.807, 2.05) is 0 Å². The molecule has 0 atom stereocenters. The van der Waals surface area contributed by atoms with Crippen LogP contribution in [0.1, 0.15) is 72.6 Å². The molecule has 120 valence electrons. The predicted octanol–water partition coefficient (Wildman–Crippen LogP) is 3.83. The number of unbranched alkanes of at least 4 members (excludes halogenated alkanes) is 5. The first-order chi connectivity index (χ1) is 9.85. The Hall–Kier alpha value is -1.50.